The van der Waals surface area contributed by atoms with Crippen LogP contribution in [0.5, 0.6) is 5.75 Å². The highest BCUT2D eigenvalue weighted by molar-refractivity contribution is 7.89. The van der Waals surface area contributed by atoms with E-state index in [-0.39, 0.29) is 11.4 Å². The quantitative estimate of drug-likeness (QED) is 0.811. The van der Waals surface area contributed by atoms with Crippen molar-refractivity contribution in [2.45, 2.75) is 24.8 Å². The highest BCUT2D eigenvalue weighted by Crippen LogP contribution is 2.23. The van der Waals surface area contributed by atoms with E-state index < -0.39 is 16.1 Å². The molecule has 0 aliphatic heterocycles. The van der Waals surface area contributed by atoms with Gasteiger partial charge in [-0.3, -0.25) is 0 Å². The summed E-state index contributed by atoms with van der Waals surface area (Å²) in [5.41, 5.74) is 0.956. The zero-order valence-corrected chi connectivity index (χ0v) is 14.1. The van der Waals surface area contributed by atoms with E-state index in [0.717, 1.165) is 10.4 Å². The lowest BCUT2D eigenvalue weighted by molar-refractivity contribution is 0.185. The van der Waals surface area contributed by atoms with E-state index in [9.17, 15) is 13.5 Å². The van der Waals surface area contributed by atoms with Crippen LogP contribution in [0.3, 0.4) is 0 Å². The molecule has 2 rings (SSSR count). The molecule has 22 heavy (non-hydrogen) atoms. The number of thiophene rings is 1. The number of benzene rings is 1. The first-order chi connectivity index (χ1) is 10.4. The zero-order valence-electron chi connectivity index (χ0n) is 12.4. The van der Waals surface area contributed by atoms with Gasteiger partial charge >= 0.3 is 0 Å². The van der Waals surface area contributed by atoms with E-state index in [4.69, 9.17) is 4.74 Å². The molecular weight excluding hydrogens is 322 g/mol. The lowest BCUT2D eigenvalue weighted by Gasteiger charge is -2.12. The fourth-order valence-corrected chi connectivity index (χ4v) is 3.92. The van der Waals surface area contributed by atoms with Crippen LogP contribution >= 0.6 is 11.3 Å². The monoisotopic (exact) mass is 341 g/mol. The van der Waals surface area contributed by atoms with Crippen LogP contribution in [0.15, 0.2) is 40.6 Å². The Bertz CT molecular complexity index is 707. The highest BCUT2D eigenvalue weighted by atomic mass is 32.2. The summed E-state index contributed by atoms with van der Waals surface area (Å²) in [5, 5.41) is 11.9. The number of nitrogens with one attached hydrogen (secondary N) is 1. The number of aliphatic hydroxyl groups is 1. The number of aliphatic hydroxyl groups excluding tert-OH is 1. The molecular formula is C15H19NO4S2. The summed E-state index contributed by atoms with van der Waals surface area (Å²) in [4.78, 5) is 0.917. The first-order valence-electron chi connectivity index (χ1n) is 6.88. The Labute approximate surface area is 134 Å². The average molecular weight is 341 g/mol. The van der Waals surface area contributed by atoms with Crippen molar-refractivity contribution >= 4 is 21.4 Å². The van der Waals surface area contributed by atoms with Crippen molar-refractivity contribution in [2.24, 2.45) is 0 Å². The number of ether oxygens (including phenoxy) is 1. The van der Waals surface area contributed by atoms with E-state index in [2.05, 4.69) is 4.72 Å². The van der Waals surface area contributed by atoms with Crippen LogP contribution in [0.4, 0.5) is 0 Å². The van der Waals surface area contributed by atoms with E-state index in [1.54, 1.807) is 12.1 Å². The van der Waals surface area contributed by atoms with Crippen molar-refractivity contribution in [2.75, 3.05) is 13.2 Å². The molecule has 7 heteroatoms. The largest absolute Gasteiger partial charge is 0.494 e. The number of aryl methyl sites for hydroxylation is 1. The molecule has 2 N–H and O–H groups in total. The SMILES string of the molecule is CCOc1ccc(S(=O)(=O)NCC(O)c2sccc2C)cc1. The van der Waals surface area contributed by atoms with Gasteiger partial charge in [0.05, 0.1) is 11.5 Å². The second-order valence-electron chi connectivity index (χ2n) is 4.74. The Morgan fingerprint density at radius 3 is 2.50 bits per heavy atom. The molecule has 0 saturated carbocycles. The predicted octanol–water partition coefficient (Wildman–Crippen LogP) is 2.47. The van der Waals surface area contributed by atoms with Crippen molar-refractivity contribution in [1.82, 2.24) is 4.72 Å². The van der Waals surface area contributed by atoms with Crippen LogP contribution in [0.25, 0.3) is 0 Å². The van der Waals surface area contributed by atoms with Crippen molar-refractivity contribution < 1.29 is 18.3 Å². The molecule has 1 heterocycles. The van der Waals surface area contributed by atoms with E-state index in [1.165, 1.54) is 23.5 Å². The summed E-state index contributed by atoms with van der Waals surface area (Å²) in [6.45, 7) is 4.21. The van der Waals surface area contributed by atoms with Crippen LogP contribution in [0.2, 0.25) is 0 Å². The summed E-state index contributed by atoms with van der Waals surface area (Å²) < 4.78 is 32.1. The molecule has 0 radical (unpaired) electrons. The second-order valence-corrected chi connectivity index (χ2v) is 7.45. The van der Waals surface area contributed by atoms with Gasteiger partial charge in [0.15, 0.2) is 0 Å². The Balaban J connectivity index is 2.03. The summed E-state index contributed by atoms with van der Waals surface area (Å²) in [6.07, 6.45) is -0.850. The maximum atomic E-state index is 12.2. The molecule has 0 bridgehead atoms. The molecule has 0 saturated heterocycles. The van der Waals surface area contributed by atoms with Gasteiger partial charge in [-0.05, 0) is 55.1 Å². The zero-order chi connectivity index (χ0) is 16.2. The Morgan fingerprint density at radius 2 is 1.95 bits per heavy atom. The molecule has 120 valence electrons. The first kappa shape index (κ1) is 17.0. The van der Waals surface area contributed by atoms with Crippen LogP contribution in [0, 0.1) is 6.92 Å². The standard InChI is InChI=1S/C15H19NO4S2/c1-3-20-12-4-6-13(7-5-12)22(18,19)16-10-14(17)15-11(2)8-9-21-15/h4-9,14,16-17H,3,10H2,1-2H3. The molecule has 0 spiro atoms. The minimum Gasteiger partial charge on any atom is -0.494 e. The van der Waals surface area contributed by atoms with Crippen LogP contribution in [-0.2, 0) is 10.0 Å². The topological polar surface area (TPSA) is 75.6 Å². The number of hydrogen-bond acceptors (Lipinski definition) is 5. The van der Waals surface area contributed by atoms with Crippen LogP contribution < -0.4 is 9.46 Å². The first-order valence-corrected chi connectivity index (χ1v) is 9.25. The van der Waals surface area contributed by atoms with Crippen molar-refractivity contribution in [3.05, 3.63) is 46.2 Å². The minimum atomic E-state index is -3.65. The summed E-state index contributed by atoms with van der Waals surface area (Å²) in [6, 6.07) is 8.08. The van der Waals surface area contributed by atoms with Gasteiger partial charge in [0, 0.05) is 11.4 Å². The summed E-state index contributed by atoms with van der Waals surface area (Å²) in [7, 11) is -3.65. The van der Waals surface area contributed by atoms with E-state index in [0.29, 0.717) is 12.4 Å². The predicted molar refractivity (Wildman–Crippen MR) is 86.8 cm³/mol. The van der Waals surface area contributed by atoms with Crippen LogP contribution in [-0.4, -0.2) is 26.7 Å². The number of hydrogen-bond donors (Lipinski definition) is 2. The normalized spacial score (nSPS) is 13.0. The van der Waals surface area contributed by atoms with Gasteiger partial charge in [0.2, 0.25) is 10.0 Å². The lowest BCUT2D eigenvalue weighted by atomic mass is 10.2. The van der Waals surface area contributed by atoms with Crippen molar-refractivity contribution in [1.29, 1.82) is 0 Å². The molecule has 1 atom stereocenters. The fourth-order valence-electron chi connectivity index (χ4n) is 1.97. The fraction of sp³-hybridized carbons (Fsp3) is 0.333. The third-order valence-electron chi connectivity index (χ3n) is 3.12. The molecule has 0 aliphatic carbocycles. The lowest BCUT2D eigenvalue weighted by Crippen LogP contribution is -2.28. The minimum absolute atomic E-state index is 0.0586. The third-order valence-corrected chi connectivity index (χ3v) is 5.68. The molecule has 1 unspecified atom stereocenters. The van der Waals surface area contributed by atoms with Gasteiger partial charge in [-0.1, -0.05) is 0 Å². The van der Waals surface area contributed by atoms with Gasteiger partial charge in [-0.15, -0.1) is 11.3 Å². The Hall–Kier alpha value is -1.41. The molecule has 1 aromatic carbocycles. The molecule has 0 aliphatic rings. The molecule has 2 aromatic rings. The average Bonchev–Trinajstić information content (AvgIpc) is 2.92. The second kappa shape index (κ2) is 7.23. The smallest absolute Gasteiger partial charge is 0.240 e. The van der Waals surface area contributed by atoms with Gasteiger partial charge in [0.25, 0.3) is 0 Å². The van der Waals surface area contributed by atoms with Gasteiger partial charge in [-0.2, -0.15) is 0 Å². The third kappa shape index (κ3) is 4.07. The number of rotatable bonds is 7. The van der Waals surface area contributed by atoms with Crippen molar-refractivity contribution in [3.8, 4) is 5.75 Å². The van der Waals surface area contributed by atoms with E-state index in [1.807, 2.05) is 25.3 Å². The highest BCUT2D eigenvalue weighted by Gasteiger charge is 2.18. The number of sulfonamides is 1. The Kier molecular flexibility index (Phi) is 5.57. The Morgan fingerprint density at radius 1 is 1.27 bits per heavy atom. The summed E-state index contributed by atoms with van der Waals surface area (Å²) in [5.74, 6) is 0.621. The van der Waals surface area contributed by atoms with Gasteiger partial charge in [-0.25, -0.2) is 13.1 Å². The van der Waals surface area contributed by atoms with E-state index >= 15 is 0 Å². The maximum Gasteiger partial charge on any atom is 0.240 e. The maximum absolute atomic E-state index is 12.2. The molecule has 1 aromatic heterocycles. The summed E-state index contributed by atoms with van der Waals surface area (Å²) >= 11 is 1.41. The van der Waals surface area contributed by atoms with Gasteiger partial charge < -0.3 is 9.84 Å². The molecule has 0 amide bonds. The van der Waals surface area contributed by atoms with Crippen LogP contribution in [0.1, 0.15) is 23.5 Å². The molecule has 5 nitrogen and oxygen atoms in total. The van der Waals surface area contributed by atoms with Gasteiger partial charge in [0.1, 0.15) is 11.9 Å². The van der Waals surface area contributed by atoms with Crippen molar-refractivity contribution in [3.63, 3.8) is 0 Å². The molecule has 0 fully saturated rings.